The first-order chi connectivity index (χ1) is 7.14. The molecule has 0 radical (unpaired) electrons. The van der Waals surface area contributed by atoms with Crippen LogP contribution in [0.3, 0.4) is 0 Å². The van der Waals surface area contributed by atoms with Crippen molar-refractivity contribution in [1.29, 1.82) is 0 Å². The number of rotatable bonds is 4. The zero-order valence-corrected chi connectivity index (χ0v) is 10.1. The van der Waals surface area contributed by atoms with Crippen LogP contribution in [0.1, 0.15) is 39.0 Å². The molecule has 0 bridgehead atoms. The van der Waals surface area contributed by atoms with E-state index in [1.54, 1.807) is 0 Å². The Morgan fingerprint density at radius 1 is 1.53 bits per heavy atom. The summed E-state index contributed by atoms with van der Waals surface area (Å²) >= 11 is 2.01. The van der Waals surface area contributed by atoms with E-state index in [2.05, 4.69) is 12.2 Å². The van der Waals surface area contributed by atoms with Gasteiger partial charge in [0.05, 0.1) is 5.54 Å². The number of carbonyl (C=O) groups is 1. The van der Waals surface area contributed by atoms with Gasteiger partial charge < -0.3 is 11.1 Å². The zero-order chi connectivity index (χ0) is 10.9. The smallest absolute Gasteiger partial charge is 0.240 e. The maximum Gasteiger partial charge on any atom is 0.240 e. The van der Waals surface area contributed by atoms with E-state index in [1.165, 1.54) is 12.2 Å². The second-order valence-corrected chi connectivity index (χ2v) is 6.29. The van der Waals surface area contributed by atoms with Crippen LogP contribution in [0.25, 0.3) is 0 Å². The van der Waals surface area contributed by atoms with E-state index in [9.17, 15) is 4.79 Å². The summed E-state index contributed by atoms with van der Waals surface area (Å²) in [5, 5.41) is 3.84. The summed E-state index contributed by atoms with van der Waals surface area (Å²) in [6, 6.07) is 0.377. The second kappa shape index (κ2) is 4.34. The highest BCUT2D eigenvalue weighted by Gasteiger charge is 2.46. The van der Waals surface area contributed by atoms with Crippen LogP contribution in [0, 0.1) is 0 Å². The molecular weight excluding hydrogens is 208 g/mol. The SMILES string of the molecule is CCSC1CCC(NC(=O)C2(N)CC2)C1. The first kappa shape index (κ1) is 11.3. The molecule has 2 saturated carbocycles. The molecule has 15 heavy (non-hydrogen) atoms. The highest BCUT2D eigenvalue weighted by atomic mass is 32.2. The Morgan fingerprint density at radius 2 is 2.27 bits per heavy atom. The van der Waals surface area contributed by atoms with Crippen molar-refractivity contribution in [3.63, 3.8) is 0 Å². The van der Waals surface area contributed by atoms with Gasteiger partial charge >= 0.3 is 0 Å². The molecule has 2 aliphatic carbocycles. The Morgan fingerprint density at radius 3 is 2.87 bits per heavy atom. The lowest BCUT2D eigenvalue weighted by Gasteiger charge is -2.16. The van der Waals surface area contributed by atoms with Gasteiger partial charge in [-0.2, -0.15) is 11.8 Å². The normalized spacial score (nSPS) is 32.7. The van der Waals surface area contributed by atoms with Crippen LogP contribution >= 0.6 is 11.8 Å². The maximum absolute atomic E-state index is 11.7. The summed E-state index contributed by atoms with van der Waals surface area (Å²) in [6.45, 7) is 2.19. The summed E-state index contributed by atoms with van der Waals surface area (Å²) in [5.74, 6) is 1.25. The molecule has 2 fully saturated rings. The molecule has 2 atom stereocenters. The van der Waals surface area contributed by atoms with Gasteiger partial charge in [-0.05, 0) is 37.9 Å². The summed E-state index contributed by atoms with van der Waals surface area (Å²) in [7, 11) is 0. The third-order valence-corrected chi connectivity index (χ3v) is 4.60. The number of nitrogens with two attached hydrogens (primary N) is 1. The van der Waals surface area contributed by atoms with Gasteiger partial charge in [-0.15, -0.1) is 0 Å². The molecule has 2 unspecified atom stereocenters. The number of carbonyl (C=O) groups excluding carboxylic acids is 1. The van der Waals surface area contributed by atoms with E-state index in [0.717, 1.165) is 30.9 Å². The highest BCUT2D eigenvalue weighted by Crippen LogP contribution is 2.34. The molecule has 1 amide bonds. The summed E-state index contributed by atoms with van der Waals surface area (Å²) in [5.41, 5.74) is 5.34. The standard InChI is InChI=1S/C11H20N2OS/c1-2-15-9-4-3-8(7-9)13-10(14)11(12)5-6-11/h8-9H,2-7,12H2,1H3,(H,13,14). The van der Waals surface area contributed by atoms with Crippen LogP contribution in [0.2, 0.25) is 0 Å². The van der Waals surface area contributed by atoms with E-state index in [-0.39, 0.29) is 5.91 Å². The van der Waals surface area contributed by atoms with Crippen molar-refractivity contribution < 1.29 is 4.79 Å². The molecule has 3 nitrogen and oxygen atoms in total. The van der Waals surface area contributed by atoms with Crippen LogP contribution in [-0.2, 0) is 4.79 Å². The van der Waals surface area contributed by atoms with Gasteiger partial charge in [0.15, 0.2) is 0 Å². The van der Waals surface area contributed by atoms with E-state index in [4.69, 9.17) is 5.73 Å². The number of hydrogen-bond acceptors (Lipinski definition) is 3. The predicted molar refractivity (Wildman–Crippen MR) is 63.9 cm³/mol. The molecule has 0 saturated heterocycles. The fourth-order valence-electron chi connectivity index (χ4n) is 2.15. The van der Waals surface area contributed by atoms with E-state index in [0.29, 0.717) is 6.04 Å². The number of amides is 1. The Hall–Kier alpha value is -0.220. The van der Waals surface area contributed by atoms with Gasteiger partial charge in [-0.25, -0.2) is 0 Å². The summed E-state index contributed by atoms with van der Waals surface area (Å²) < 4.78 is 0. The lowest BCUT2D eigenvalue weighted by atomic mass is 10.2. The van der Waals surface area contributed by atoms with Crippen molar-refractivity contribution in [3.05, 3.63) is 0 Å². The quantitative estimate of drug-likeness (QED) is 0.762. The molecule has 2 rings (SSSR count). The van der Waals surface area contributed by atoms with Crippen LogP contribution in [0.15, 0.2) is 0 Å². The van der Waals surface area contributed by atoms with Crippen molar-refractivity contribution in [1.82, 2.24) is 5.32 Å². The highest BCUT2D eigenvalue weighted by molar-refractivity contribution is 7.99. The van der Waals surface area contributed by atoms with Crippen molar-refractivity contribution in [3.8, 4) is 0 Å². The monoisotopic (exact) mass is 228 g/mol. The third kappa shape index (κ3) is 2.67. The van der Waals surface area contributed by atoms with E-state index >= 15 is 0 Å². The Labute approximate surface area is 95.6 Å². The Bertz CT molecular complexity index is 253. The van der Waals surface area contributed by atoms with Gasteiger partial charge in [0.2, 0.25) is 5.91 Å². The number of nitrogens with one attached hydrogen (secondary N) is 1. The van der Waals surface area contributed by atoms with Crippen LogP contribution in [0.4, 0.5) is 0 Å². The largest absolute Gasteiger partial charge is 0.352 e. The van der Waals surface area contributed by atoms with Gasteiger partial charge in [-0.1, -0.05) is 6.92 Å². The molecule has 4 heteroatoms. The molecule has 0 spiro atoms. The Balaban J connectivity index is 1.74. The number of hydrogen-bond donors (Lipinski definition) is 2. The van der Waals surface area contributed by atoms with Gasteiger partial charge in [-0.3, -0.25) is 4.79 Å². The molecule has 0 aromatic carbocycles. The predicted octanol–water partition coefficient (Wildman–Crippen LogP) is 1.27. The van der Waals surface area contributed by atoms with Gasteiger partial charge in [0, 0.05) is 11.3 Å². The molecule has 0 aromatic heterocycles. The average molecular weight is 228 g/mol. The fourth-order valence-corrected chi connectivity index (χ4v) is 3.29. The fraction of sp³-hybridized carbons (Fsp3) is 0.909. The van der Waals surface area contributed by atoms with Crippen LogP contribution < -0.4 is 11.1 Å². The van der Waals surface area contributed by atoms with Crippen molar-refractivity contribution in [2.45, 2.75) is 55.9 Å². The zero-order valence-electron chi connectivity index (χ0n) is 9.29. The van der Waals surface area contributed by atoms with E-state index in [1.807, 2.05) is 11.8 Å². The topological polar surface area (TPSA) is 55.1 Å². The minimum atomic E-state index is -0.504. The molecule has 86 valence electrons. The lowest BCUT2D eigenvalue weighted by Crippen LogP contribution is -2.46. The Kier molecular flexibility index (Phi) is 3.26. The third-order valence-electron chi connectivity index (χ3n) is 3.36. The molecule has 0 aliphatic heterocycles. The second-order valence-electron chi connectivity index (χ2n) is 4.72. The van der Waals surface area contributed by atoms with Crippen LogP contribution in [-0.4, -0.2) is 28.5 Å². The minimum Gasteiger partial charge on any atom is -0.352 e. The average Bonchev–Trinajstić information content (AvgIpc) is 2.79. The molecular formula is C11H20N2OS. The number of thioether (sulfide) groups is 1. The maximum atomic E-state index is 11.7. The van der Waals surface area contributed by atoms with Gasteiger partial charge in [0.25, 0.3) is 0 Å². The lowest BCUT2D eigenvalue weighted by molar-refractivity contribution is -0.123. The summed E-state index contributed by atoms with van der Waals surface area (Å²) in [4.78, 5) is 11.7. The van der Waals surface area contributed by atoms with Crippen molar-refractivity contribution >= 4 is 17.7 Å². The first-order valence-corrected chi connectivity index (χ1v) is 6.90. The van der Waals surface area contributed by atoms with Crippen molar-refractivity contribution in [2.24, 2.45) is 5.73 Å². The molecule has 0 heterocycles. The molecule has 0 aromatic rings. The van der Waals surface area contributed by atoms with Crippen molar-refractivity contribution in [2.75, 3.05) is 5.75 Å². The summed E-state index contributed by atoms with van der Waals surface area (Å²) in [6.07, 6.45) is 5.21. The van der Waals surface area contributed by atoms with Crippen LogP contribution in [0.5, 0.6) is 0 Å². The van der Waals surface area contributed by atoms with E-state index < -0.39 is 5.54 Å². The molecule has 2 aliphatic rings. The minimum absolute atomic E-state index is 0.0784. The van der Waals surface area contributed by atoms with Gasteiger partial charge in [0.1, 0.15) is 0 Å². The molecule has 3 N–H and O–H groups in total. The first-order valence-electron chi connectivity index (χ1n) is 5.85.